The van der Waals surface area contributed by atoms with Gasteiger partial charge in [-0.15, -0.1) is 0 Å². The maximum atomic E-state index is 13.4. The molecule has 0 bridgehead atoms. The Morgan fingerprint density at radius 1 is 1.11 bits per heavy atom. The van der Waals surface area contributed by atoms with Crippen LogP contribution in [-0.4, -0.2) is 6.18 Å². The van der Waals surface area contributed by atoms with Crippen molar-refractivity contribution in [3.8, 4) is 0 Å². The first-order valence-electron chi connectivity index (χ1n) is 4.99. The van der Waals surface area contributed by atoms with Crippen molar-refractivity contribution >= 4 is 39.1 Å². The van der Waals surface area contributed by atoms with Crippen molar-refractivity contribution in [2.24, 2.45) is 0 Å². The predicted molar refractivity (Wildman–Crippen MR) is 70.1 cm³/mol. The van der Waals surface area contributed by atoms with E-state index in [0.29, 0.717) is 4.48 Å². The number of benzene rings is 1. The fourth-order valence-corrected chi connectivity index (χ4v) is 3.06. The van der Waals surface area contributed by atoms with Gasteiger partial charge in [0.1, 0.15) is 5.41 Å². The van der Waals surface area contributed by atoms with Crippen molar-refractivity contribution in [2.45, 2.75) is 18.0 Å². The first-order valence-corrected chi connectivity index (χ1v) is 6.54. The van der Waals surface area contributed by atoms with Crippen LogP contribution < -0.4 is 0 Å². The largest absolute Gasteiger partial charge is 0.401 e. The zero-order valence-corrected chi connectivity index (χ0v) is 12.0. The first-order chi connectivity index (χ1) is 8.24. The van der Waals surface area contributed by atoms with Crippen LogP contribution in [0.25, 0.3) is 0 Å². The van der Waals surface area contributed by atoms with E-state index >= 15 is 0 Å². The molecule has 0 nitrogen and oxygen atoms in total. The Morgan fingerprint density at radius 3 is 2.06 bits per heavy atom. The van der Waals surface area contributed by atoms with Crippen LogP contribution in [0, 0.1) is 6.42 Å². The molecular weight excluding hydrogens is 352 g/mol. The van der Waals surface area contributed by atoms with Crippen molar-refractivity contribution < 1.29 is 13.2 Å². The van der Waals surface area contributed by atoms with Gasteiger partial charge in [-0.3, -0.25) is 0 Å². The molecule has 1 radical (unpaired) electrons. The molecule has 0 N–H and O–H groups in total. The lowest BCUT2D eigenvalue weighted by atomic mass is 9.79. The second-order valence-corrected chi connectivity index (χ2v) is 5.85. The first kappa shape index (κ1) is 14.2. The molecule has 0 heterocycles. The zero-order chi connectivity index (χ0) is 13.6. The van der Waals surface area contributed by atoms with E-state index in [1.165, 1.54) is 24.6 Å². The fourth-order valence-electron chi connectivity index (χ4n) is 1.99. The van der Waals surface area contributed by atoms with E-state index in [2.05, 4.69) is 15.9 Å². The minimum Gasteiger partial charge on any atom is -0.170 e. The molecule has 0 aromatic heterocycles. The molecule has 18 heavy (non-hydrogen) atoms. The maximum Gasteiger partial charge on any atom is 0.401 e. The molecule has 2 rings (SSSR count). The highest BCUT2D eigenvalue weighted by molar-refractivity contribution is 9.11. The average Bonchev–Trinajstić information content (AvgIpc) is 2.59. The summed E-state index contributed by atoms with van der Waals surface area (Å²) in [5, 5.41) is 0.384. The smallest absolute Gasteiger partial charge is 0.170 e. The van der Waals surface area contributed by atoms with E-state index in [9.17, 15) is 13.2 Å². The van der Waals surface area contributed by atoms with Gasteiger partial charge in [-0.1, -0.05) is 45.2 Å². The molecule has 1 aromatic carbocycles. The average molecular weight is 359 g/mol. The molecule has 97 valence electrons. The minimum atomic E-state index is -4.41. The Labute approximate surface area is 121 Å². The summed E-state index contributed by atoms with van der Waals surface area (Å²) in [5.74, 6) is 0. The lowest BCUT2D eigenvalue weighted by molar-refractivity contribution is -0.174. The Kier molecular flexibility index (Phi) is 3.74. The Morgan fingerprint density at radius 2 is 1.67 bits per heavy atom. The highest BCUT2D eigenvalue weighted by atomic mass is 79.9. The third kappa shape index (κ3) is 2.43. The highest BCUT2D eigenvalue weighted by Crippen LogP contribution is 2.51. The topological polar surface area (TPSA) is 0 Å². The lowest BCUT2D eigenvalue weighted by Gasteiger charge is -2.30. The van der Waals surface area contributed by atoms with E-state index in [1.807, 2.05) is 0 Å². The number of hydrogen-bond acceptors (Lipinski definition) is 0. The summed E-state index contributed by atoms with van der Waals surface area (Å²) in [6.45, 7) is 0. The highest BCUT2D eigenvalue weighted by Gasteiger charge is 2.56. The molecule has 0 fully saturated rings. The van der Waals surface area contributed by atoms with Gasteiger partial charge >= 0.3 is 6.18 Å². The monoisotopic (exact) mass is 357 g/mol. The summed E-state index contributed by atoms with van der Waals surface area (Å²) in [6.07, 6.45) is -1.93. The number of alkyl halides is 3. The Hall–Kier alpha value is -0.190. The molecule has 1 aliphatic carbocycles. The third-order valence-corrected chi connectivity index (χ3v) is 3.88. The van der Waals surface area contributed by atoms with Crippen molar-refractivity contribution in [1.29, 1.82) is 0 Å². The van der Waals surface area contributed by atoms with Crippen molar-refractivity contribution in [3.63, 3.8) is 0 Å². The predicted octanol–water partition coefficient (Wildman–Crippen LogP) is 5.68. The van der Waals surface area contributed by atoms with Crippen LogP contribution >= 0.6 is 39.1 Å². The molecule has 6 heteroatoms. The summed E-state index contributed by atoms with van der Waals surface area (Å²) < 4.78 is 40.5. The summed E-state index contributed by atoms with van der Waals surface area (Å²) in [7, 11) is 0. The zero-order valence-electron chi connectivity index (χ0n) is 8.86. The second-order valence-electron chi connectivity index (χ2n) is 4.06. The number of rotatable bonds is 1. The standard InChI is InChI=1S/C12H7BrCl2F3/c13-8-1-2-11(6-8,12(16,17)18)7-3-9(14)5-10(15)4-7/h1,3-6H,2H2. The summed E-state index contributed by atoms with van der Waals surface area (Å²) in [4.78, 5) is 0. The number of hydrogen-bond donors (Lipinski definition) is 0. The van der Waals surface area contributed by atoms with Gasteiger partial charge in [-0.05, 0) is 41.1 Å². The molecule has 1 aromatic rings. The van der Waals surface area contributed by atoms with E-state index in [4.69, 9.17) is 23.2 Å². The lowest BCUT2D eigenvalue weighted by Crippen LogP contribution is -2.39. The quantitative estimate of drug-likeness (QED) is 0.605. The van der Waals surface area contributed by atoms with Gasteiger partial charge in [0.25, 0.3) is 0 Å². The van der Waals surface area contributed by atoms with Crippen LogP contribution in [0.5, 0.6) is 0 Å². The molecule has 1 atom stereocenters. The molecule has 0 amide bonds. The van der Waals surface area contributed by atoms with Gasteiger partial charge in [0.2, 0.25) is 0 Å². The van der Waals surface area contributed by atoms with Crippen molar-refractivity contribution in [2.75, 3.05) is 0 Å². The minimum absolute atomic E-state index is 0.0539. The van der Waals surface area contributed by atoms with Crippen LogP contribution in [0.2, 0.25) is 10.0 Å². The van der Waals surface area contributed by atoms with E-state index < -0.39 is 11.6 Å². The Balaban J connectivity index is 2.62. The van der Waals surface area contributed by atoms with Crippen LogP contribution in [0.4, 0.5) is 13.2 Å². The van der Waals surface area contributed by atoms with Crippen molar-refractivity contribution in [3.05, 3.63) is 50.8 Å². The third-order valence-electron chi connectivity index (χ3n) is 2.89. The molecule has 0 saturated carbocycles. The van der Waals surface area contributed by atoms with Crippen LogP contribution in [-0.2, 0) is 5.41 Å². The van der Waals surface area contributed by atoms with E-state index in [-0.39, 0.29) is 22.0 Å². The van der Waals surface area contributed by atoms with Gasteiger partial charge in [-0.2, -0.15) is 13.2 Å². The number of allylic oxidation sites excluding steroid dienone is 2. The van der Waals surface area contributed by atoms with Gasteiger partial charge in [0, 0.05) is 10.0 Å². The molecular formula is C12H7BrCl2F3. The van der Waals surface area contributed by atoms with Gasteiger partial charge in [0.05, 0.1) is 0 Å². The Bertz CT molecular complexity index is 490. The van der Waals surface area contributed by atoms with Crippen LogP contribution in [0.1, 0.15) is 12.0 Å². The van der Waals surface area contributed by atoms with Crippen LogP contribution in [0.3, 0.4) is 0 Å². The molecule has 1 unspecified atom stereocenters. The van der Waals surface area contributed by atoms with E-state index in [0.717, 1.165) is 6.08 Å². The summed E-state index contributed by atoms with van der Waals surface area (Å²) in [5.41, 5.74) is -2.00. The molecule has 0 saturated heterocycles. The van der Waals surface area contributed by atoms with Gasteiger partial charge in [-0.25, -0.2) is 0 Å². The van der Waals surface area contributed by atoms with Gasteiger partial charge in [0.15, 0.2) is 0 Å². The molecule has 1 aliphatic rings. The second kappa shape index (κ2) is 4.73. The molecule has 0 aliphatic heterocycles. The van der Waals surface area contributed by atoms with E-state index in [1.54, 1.807) is 0 Å². The summed E-state index contributed by atoms with van der Waals surface area (Å²) in [6, 6.07) is 4.02. The van der Waals surface area contributed by atoms with Gasteiger partial charge < -0.3 is 0 Å². The van der Waals surface area contributed by atoms with Crippen molar-refractivity contribution in [1.82, 2.24) is 0 Å². The maximum absolute atomic E-state index is 13.4. The summed E-state index contributed by atoms with van der Waals surface area (Å²) >= 11 is 14.6. The normalized spacial score (nSPS) is 24.2. The number of halogens is 6. The van der Waals surface area contributed by atoms with Crippen LogP contribution in [0.15, 0.2) is 28.8 Å². The molecule has 0 spiro atoms. The SMILES string of the molecule is FC(F)(F)C1(c2cc(Cl)cc(Cl)c2)C=C(Br)[CH]C1. The fraction of sp³-hybridized carbons (Fsp3) is 0.250.